The summed E-state index contributed by atoms with van der Waals surface area (Å²) in [7, 11) is -0.655. The van der Waals surface area contributed by atoms with Crippen LogP contribution in [-0.4, -0.2) is 44.8 Å². The fourth-order valence-corrected chi connectivity index (χ4v) is 2.81. The van der Waals surface area contributed by atoms with Crippen LogP contribution in [0.1, 0.15) is 19.4 Å². The van der Waals surface area contributed by atoms with Crippen LogP contribution in [0.25, 0.3) is 0 Å². The summed E-state index contributed by atoms with van der Waals surface area (Å²) in [6.07, 6.45) is 3.73. The highest BCUT2D eigenvalue weighted by atomic mass is 32.2. The van der Waals surface area contributed by atoms with Gasteiger partial charge in [0.25, 0.3) is 0 Å². The van der Waals surface area contributed by atoms with Crippen molar-refractivity contribution in [3.63, 3.8) is 0 Å². The van der Waals surface area contributed by atoms with Gasteiger partial charge >= 0.3 is 0 Å². The van der Waals surface area contributed by atoms with Crippen LogP contribution in [0.3, 0.4) is 0 Å². The van der Waals surface area contributed by atoms with E-state index in [9.17, 15) is 4.21 Å². The van der Waals surface area contributed by atoms with Crippen molar-refractivity contribution in [2.24, 2.45) is 0 Å². The Morgan fingerprint density at radius 1 is 1.33 bits per heavy atom. The van der Waals surface area contributed by atoms with E-state index >= 15 is 0 Å². The maximum absolute atomic E-state index is 11.3. The van der Waals surface area contributed by atoms with Gasteiger partial charge in [0.1, 0.15) is 0 Å². The van der Waals surface area contributed by atoms with Crippen LogP contribution in [0, 0.1) is 0 Å². The lowest BCUT2D eigenvalue weighted by atomic mass is 10.3. The van der Waals surface area contributed by atoms with E-state index < -0.39 is 10.8 Å². The van der Waals surface area contributed by atoms with Gasteiger partial charge in [0.15, 0.2) is 0 Å². The largest absolute Gasteiger partial charge is 0.339 e. The van der Waals surface area contributed by atoms with E-state index in [-0.39, 0.29) is 0 Å². The monoisotopic (exact) mass is 268 g/mol. The lowest BCUT2D eigenvalue weighted by Gasteiger charge is -2.26. The van der Waals surface area contributed by atoms with Crippen molar-refractivity contribution in [1.82, 2.24) is 15.3 Å². The molecular formula is C12H20N4OS. The first-order valence-corrected chi connectivity index (χ1v) is 7.78. The van der Waals surface area contributed by atoms with E-state index in [0.29, 0.717) is 6.04 Å². The number of nitrogens with zero attached hydrogens (tertiary/aromatic N) is 3. The van der Waals surface area contributed by atoms with Crippen molar-refractivity contribution in [2.45, 2.75) is 26.4 Å². The molecule has 0 radical (unpaired) electrons. The van der Waals surface area contributed by atoms with Gasteiger partial charge in [0.05, 0.1) is 0 Å². The van der Waals surface area contributed by atoms with E-state index in [1.165, 1.54) is 0 Å². The summed E-state index contributed by atoms with van der Waals surface area (Å²) in [5.41, 5.74) is 1.09. The molecule has 0 amide bonds. The maximum Gasteiger partial charge on any atom is 0.225 e. The number of rotatable bonds is 4. The molecular weight excluding hydrogens is 248 g/mol. The summed E-state index contributed by atoms with van der Waals surface area (Å²) < 4.78 is 11.3. The van der Waals surface area contributed by atoms with Gasteiger partial charge in [-0.3, -0.25) is 4.21 Å². The number of nitrogens with one attached hydrogen (secondary N) is 1. The second-order valence-electron chi connectivity index (χ2n) is 4.76. The molecule has 0 aliphatic carbocycles. The van der Waals surface area contributed by atoms with Crippen molar-refractivity contribution in [1.29, 1.82) is 0 Å². The lowest BCUT2D eigenvalue weighted by Crippen LogP contribution is -2.38. The first kappa shape index (κ1) is 13.4. The molecule has 1 N–H and O–H groups in total. The Kier molecular flexibility index (Phi) is 4.66. The highest BCUT2D eigenvalue weighted by Gasteiger charge is 2.17. The summed E-state index contributed by atoms with van der Waals surface area (Å²) in [6.45, 7) is 6.60. The summed E-state index contributed by atoms with van der Waals surface area (Å²) in [5.74, 6) is 2.19. The van der Waals surface area contributed by atoms with Gasteiger partial charge < -0.3 is 10.2 Å². The Bertz CT molecular complexity index is 397. The molecule has 6 heteroatoms. The van der Waals surface area contributed by atoms with E-state index in [2.05, 4.69) is 34.0 Å². The van der Waals surface area contributed by atoms with Gasteiger partial charge in [-0.25, -0.2) is 9.97 Å². The van der Waals surface area contributed by atoms with Gasteiger partial charge in [-0.15, -0.1) is 0 Å². The fourth-order valence-electron chi connectivity index (χ4n) is 1.76. The van der Waals surface area contributed by atoms with Crippen molar-refractivity contribution in [3.05, 3.63) is 18.0 Å². The quantitative estimate of drug-likeness (QED) is 0.864. The summed E-state index contributed by atoms with van der Waals surface area (Å²) in [4.78, 5) is 10.9. The van der Waals surface area contributed by atoms with Gasteiger partial charge in [-0.2, -0.15) is 0 Å². The molecule has 0 unspecified atom stereocenters. The van der Waals surface area contributed by atoms with E-state index in [0.717, 1.165) is 42.7 Å². The molecule has 0 aromatic carbocycles. The Morgan fingerprint density at radius 2 is 1.94 bits per heavy atom. The average molecular weight is 268 g/mol. The van der Waals surface area contributed by atoms with Gasteiger partial charge in [0, 0.05) is 65.9 Å². The van der Waals surface area contributed by atoms with Gasteiger partial charge in [-0.1, -0.05) is 13.8 Å². The first-order valence-electron chi connectivity index (χ1n) is 6.29. The van der Waals surface area contributed by atoms with Crippen LogP contribution in [0.4, 0.5) is 5.95 Å². The Labute approximate surface area is 110 Å². The molecule has 18 heavy (non-hydrogen) atoms. The minimum Gasteiger partial charge on any atom is -0.339 e. The van der Waals surface area contributed by atoms with Crippen molar-refractivity contribution in [2.75, 3.05) is 29.5 Å². The maximum atomic E-state index is 11.3. The zero-order valence-corrected chi connectivity index (χ0v) is 11.7. The minimum atomic E-state index is -0.655. The van der Waals surface area contributed by atoms with Crippen LogP contribution in [0.15, 0.2) is 12.4 Å². The van der Waals surface area contributed by atoms with Gasteiger partial charge in [0.2, 0.25) is 5.95 Å². The molecule has 0 saturated carbocycles. The van der Waals surface area contributed by atoms with Crippen LogP contribution in [0.5, 0.6) is 0 Å². The third-order valence-electron chi connectivity index (χ3n) is 2.87. The predicted octanol–water partition coefficient (Wildman–Crippen LogP) is 0.543. The Balaban J connectivity index is 1.93. The molecule has 2 rings (SSSR count). The SMILES string of the molecule is CC(C)NCc1cnc(N2CCS(=O)CC2)nc1. The average Bonchev–Trinajstić information content (AvgIpc) is 2.38. The third kappa shape index (κ3) is 3.74. The molecule has 1 aliphatic rings. The second kappa shape index (κ2) is 6.24. The van der Waals surface area contributed by atoms with Crippen molar-refractivity contribution < 1.29 is 4.21 Å². The number of anilines is 1. The van der Waals surface area contributed by atoms with Crippen LogP contribution in [-0.2, 0) is 17.3 Å². The molecule has 5 nitrogen and oxygen atoms in total. The molecule has 0 atom stereocenters. The normalized spacial score (nSPS) is 17.4. The molecule has 1 aromatic heterocycles. The van der Waals surface area contributed by atoms with Crippen LogP contribution < -0.4 is 10.2 Å². The van der Waals surface area contributed by atoms with E-state index in [1.54, 1.807) is 0 Å². The standard InChI is InChI=1S/C12H20N4OS/c1-10(2)13-7-11-8-14-12(15-9-11)16-3-5-18(17)6-4-16/h8-10,13H,3-7H2,1-2H3. The first-order chi connectivity index (χ1) is 8.65. The molecule has 100 valence electrons. The molecule has 1 aliphatic heterocycles. The lowest BCUT2D eigenvalue weighted by molar-refractivity contribution is 0.586. The van der Waals surface area contributed by atoms with Crippen molar-refractivity contribution in [3.8, 4) is 0 Å². The fraction of sp³-hybridized carbons (Fsp3) is 0.667. The smallest absolute Gasteiger partial charge is 0.225 e. The number of hydrogen-bond donors (Lipinski definition) is 1. The summed E-state index contributed by atoms with van der Waals surface area (Å²) in [6, 6.07) is 0.460. The molecule has 1 fully saturated rings. The van der Waals surface area contributed by atoms with E-state index in [1.807, 2.05) is 12.4 Å². The molecule has 0 bridgehead atoms. The van der Waals surface area contributed by atoms with E-state index in [4.69, 9.17) is 0 Å². The molecule has 2 heterocycles. The third-order valence-corrected chi connectivity index (χ3v) is 4.14. The minimum absolute atomic E-state index is 0.460. The number of hydrogen-bond acceptors (Lipinski definition) is 5. The highest BCUT2D eigenvalue weighted by molar-refractivity contribution is 7.85. The Morgan fingerprint density at radius 3 is 2.50 bits per heavy atom. The van der Waals surface area contributed by atoms with Crippen molar-refractivity contribution >= 4 is 16.7 Å². The zero-order valence-electron chi connectivity index (χ0n) is 10.9. The Hall–Kier alpha value is -1.01. The van der Waals surface area contributed by atoms with Gasteiger partial charge in [-0.05, 0) is 0 Å². The summed E-state index contributed by atoms with van der Waals surface area (Å²) >= 11 is 0. The molecule has 0 spiro atoms. The van der Waals surface area contributed by atoms with Crippen LogP contribution in [0.2, 0.25) is 0 Å². The molecule has 1 saturated heterocycles. The van der Waals surface area contributed by atoms with Crippen LogP contribution >= 0.6 is 0 Å². The second-order valence-corrected chi connectivity index (χ2v) is 6.46. The molecule has 1 aromatic rings. The zero-order chi connectivity index (χ0) is 13.0. The predicted molar refractivity (Wildman–Crippen MR) is 74.1 cm³/mol. The highest BCUT2D eigenvalue weighted by Crippen LogP contribution is 2.10. The topological polar surface area (TPSA) is 58.1 Å². The number of aromatic nitrogens is 2. The summed E-state index contributed by atoms with van der Waals surface area (Å²) in [5, 5.41) is 3.33.